The summed E-state index contributed by atoms with van der Waals surface area (Å²) in [5, 5.41) is 11.5. The van der Waals surface area contributed by atoms with Gasteiger partial charge in [-0.05, 0) is 30.4 Å². The molecule has 3 aliphatic rings. The number of benzene rings is 1. The number of hydrogen-bond acceptors (Lipinski definition) is 4. The maximum Gasteiger partial charge on any atom is 0.416 e. The first kappa shape index (κ1) is 17.9. The van der Waals surface area contributed by atoms with Gasteiger partial charge in [0.15, 0.2) is 11.9 Å². The maximum atomic E-state index is 13.3. The summed E-state index contributed by atoms with van der Waals surface area (Å²) in [5.41, 5.74) is 0.936. The summed E-state index contributed by atoms with van der Waals surface area (Å²) < 4.78 is 40.0. The number of rotatable bonds is 2. The average Bonchev–Trinajstić information content (AvgIpc) is 3.07. The number of carbonyl (C=O) groups is 1. The highest BCUT2D eigenvalue weighted by atomic mass is 19.4. The van der Waals surface area contributed by atoms with E-state index in [2.05, 4.69) is 15.5 Å². The van der Waals surface area contributed by atoms with Crippen LogP contribution < -0.4 is 5.32 Å². The molecule has 0 bridgehead atoms. The number of allylic oxidation sites excluding steroid dienone is 2. The molecule has 4 nitrogen and oxygen atoms in total. The molecular weight excluding hydrogens is 355 g/mol. The molecule has 1 aromatic carbocycles. The largest absolute Gasteiger partial charge is 0.416 e. The molecule has 0 saturated carbocycles. The van der Waals surface area contributed by atoms with Crippen molar-refractivity contribution in [1.29, 1.82) is 0 Å². The van der Waals surface area contributed by atoms with Gasteiger partial charge in [-0.1, -0.05) is 32.0 Å². The highest BCUT2D eigenvalue weighted by molar-refractivity contribution is 6.01. The Kier molecular flexibility index (Phi) is 4.01. The predicted molar refractivity (Wildman–Crippen MR) is 93.7 cm³/mol. The van der Waals surface area contributed by atoms with Crippen LogP contribution in [-0.2, 0) is 16.4 Å². The van der Waals surface area contributed by atoms with Crippen LogP contribution in [0.2, 0.25) is 0 Å². The van der Waals surface area contributed by atoms with Crippen LogP contribution in [0.5, 0.6) is 0 Å². The molecule has 1 aromatic rings. The van der Waals surface area contributed by atoms with Crippen molar-refractivity contribution in [3.05, 3.63) is 58.4 Å². The van der Waals surface area contributed by atoms with Crippen LogP contribution in [-0.4, -0.2) is 11.9 Å². The first-order valence-electron chi connectivity index (χ1n) is 9.09. The van der Waals surface area contributed by atoms with Crippen LogP contribution in [0.25, 0.3) is 0 Å². The van der Waals surface area contributed by atoms with Gasteiger partial charge < -0.3 is 5.32 Å². The number of carbonyl (C=O) groups excluding carboxylic acids is 1. The van der Waals surface area contributed by atoms with Gasteiger partial charge in [-0.2, -0.15) is 23.4 Å². The second-order valence-corrected chi connectivity index (χ2v) is 7.49. The number of halogens is 3. The predicted octanol–water partition coefficient (Wildman–Crippen LogP) is 4.89. The molecule has 1 aliphatic carbocycles. The van der Waals surface area contributed by atoms with Gasteiger partial charge >= 0.3 is 6.18 Å². The summed E-state index contributed by atoms with van der Waals surface area (Å²) in [6, 6.07) is 5.31. The molecule has 0 spiro atoms. The zero-order chi connectivity index (χ0) is 19.4. The Bertz CT molecular complexity index is 900. The Morgan fingerprint density at radius 1 is 1.30 bits per heavy atom. The first-order chi connectivity index (χ1) is 12.8. The Morgan fingerprint density at radius 2 is 2.07 bits per heavy atom. The number of fused-ring (bicyclic) bond motifs is 1. The van der Waals surface area contributed by atoms with Crippen LogP contribution in [0.4, 0.5) is 13.2 Å². The minimum atomic E-state index is -4.45. The summed E-state index contributed by atoms with van der Waals surface area (Å²) in [6.45, 7) is 3.90. The number of alkyl halides is 3. The fourth-order valence-electron chi connectivity index (χ4n) is 4.65. The molecule has 3 atom stereocenters. The summed E-state index contributed by atoms with van der Waals surface area (Å²) in [4.78, 5) is 13.0. The van der Waals surface area contributed by atoms with Crippen LogP contribution in [0.15, 0.2) is 57.5 Å². The van der Waals surface area contributed by atoms with Crippen molar-refractivity contribution in [3.8, 4) is 0 Å². The third-order valence-corrected chi connectivity index (χ3v) is 5.78. The van der Waals surface area contributed by atoms with E-state index >= 15 is 0 Å². The minimum absolute atomic E-state index is 0.0123. The Balaban J connectivity index is 1.98. The zero-order valence-corrected chi connectivity index (χ0v) is 15.1. The van der Waals surface area contributed by atoms with E-state index in [-0.39, 0.29) is 11.7 Å². The topological polar surface area (TPSA) is 53.8 Å². The van der Waals surface area contributed by atoms with Crippen molar-refractivity contribution in [2.75, 3.05) is 0 Å². The summed E-state index contributed by atoms with van der Waals surface area (Å²) in [7, 11) is 0. The number of nitrogens with zero attached hydrogens (tertiary/aromatic N) is 2. The lowest BCUT2D eigenvalue weighted by molar-refractivity contribution is -0.137. The SMILES string of the molecule is CC[C@]1(c2cccc(C(F)(F)F)c2)C2=CN=NC2NC2=C1C(=O)C[C@H](C)C2. The number of Topliss-reactive ketones (excluding diaryl/α,β-unsaturated/α-hetero) is 1. The Hall–Kier alpha value is -2.44. The molecule has 0 fully saturated rings. The zero-order valence-electron chi connectivity index (χ0n) is 15.1. The molecule has 27 heavy (non-hydrogen) atoms. The monoisotopic (exact) mass is 375 g/mol. The molecule has 7 heteroatoms. The maximum absolute atomic E-state index is 13.3. The molecule has 0 aromatic heterocycles. The molecule has 0 amide bonds. The highest BCUT2D eigenvalue weighted by Crippen LogP contribution is 2.52. The lowest BCUT2D eigenvalue weighted by Crippen LogP contribution is -2.50. The van der Waals surface area contributed by atoms with Crippen molar-refractivity contribution in [2.24, 2.45) is 16.1 Å². The van der Waals surface area contributed by atoms with E-state index in [0.717, 1.165) is 17.3 Å². The van der Waals surface area contributed by atoms with Crippen molar-refractivity contribution in [2.45, 2.75) is 50.9 Å². The van der Waals surface area contributed by atoms with Crippen molar-refractivity contribution in [1.82, 2.24) is 5.32 Å². The number of hydrogen-bond donors (Lipinski definition) is 1. The van der Waals surface area contributed by atoms with E-state index < -0.39 is 23.3 Å². The number of ketones is 1. The lowest BCUT2D eigenvalue weighted by Gasteiger charge is -2.46. The summed E-state index contributed by atoms with van der Waals surface area (Å²) >= 11 is 0. The molecule has 1 N–H and O–H groups in total. The van der Waals surface area contributed by atoms with Gasteiger partial charge in [0.05, 0.1) is 17.2 Å². The average molecular weight is 375 g/mol. The van der Waals surface area contributed by atoms with Crippen LogP contribution in [0, 0.1) is 5.92 Å². The van der Waals surface area contributed by atoms with Crippen LogP contribution >= 0.6 is 0 Å². The minimum Gasteiger partial charge on any atom is -0.362 e. The molecule has 4 rings (SSSR count). The Morgan fingerprint density at radius 3 is 2.78 bits per heavy atom. The van der Waals surface area contributed by atoms with E-state index in [1.54, 1.807) is 12.3 Å². The second kappa shape index (κ2) is 6.04. The summed E-state index contributed by atoms with van der Waals surface area (Å²) in [5.74, 6) is 0.172. The fourth-order valence-corrected chi connectivity index (χ4v) is 4.65. The van der Waals surface area contributed by atoms with Crippen molar-refractivity contribution in [3.63, 3.8) is 0 Å². The summed E-state index contributed by atoms with van der Waals surface area (Å²) in [6.07, 6.45) is -1.75. The molecule has 0 saturated heterocycles. The van der Waals surface area contributed by atoms with Gasteiger partial charge in [-0.15, -0.1) is 0 Å². The quantitative estimate of drug-likeness (QED) is 0.801. The van der Waals surface area contributed by atoms with Gasteiger partial charge in [0.2, 0.25) is 0 Å². The Labute approximate surface area is 155 Å². The van der Waals surface area contributed by atoms with Crippen molar-refractivity contribution < 1.29 is 18.0 Å². The third kappa shape index (κ3) is 2.63. The van der Waals surface area contributed by atoms with Crippen molar-refractivity contribution >= 4 is 5.78 Å². The molecule has 142 valence electrons. The highest BCUT2D eigenvalue weighted by Gasteiger charge is 2.52. The second-order valence-electron chi connectivity index (χ2n) is 7.49. The van der Waals surface area contributed by atoms with Crippen LogP contribution in [0.1, 0.15) is 44.2 Å². The molecule has 0 radical (unpaired) electrons. The number of nitrogens with one attached hydrogen (secondary N) is 1. The smallest absolute Gasteiger partial charge is 0.362 e. The molecule has 2 heterocycles. The number of azo groups is 1. The van der Waals surface area contributed by atoms with Gasteiger partial charge in [0.25, 0.3) is 0 Å². The van der Waals surface area contributed by atoms with Gasteiger partial charge in [-0.3, -0.25) is 4.79 Å². The van der Waals surface area contributed by atoms with E-state index in [4.69, 9.17) is 0 Å². The molecular formula is C20H20F3N3O. The lowest BCUT2D eigenvalue weighted by atomic mass is 9.60. The van der Waals surface area contributed by atoms with E-state index in [1.807, 2.05) is 13.8 Å². The van der Waals surface area contributed by atoms with Crippen LogP contribution in [0.3, 0.4) is 0 Å². The fraction of sp³-hybridized carbons (Fsp3) is 0.450. The van der Waals surface area contributed by atoms with Gasteiger partial charge in [0, 0.05) is 23.3 Å². The third-order valence-electron chi connectivity index (χ3n) is 5.78. The van der Waals surface area contributed by atoms with Gasteiger partial charge in [-0.25, -0.2) is 0 Å². The standard InChI is InChI=1S/C20H20F3N3O/c1-3-19(12-5-4-6-13(9-12)20(21,22)23)14-10-24-26-18(14)25-15-7-11(2)8-16(27)17(15)19/h4-6,9-11,18,25H,3,7-8H2,1-2H3/t11-,18?,19+/m1/s1. The molecule has 2 aliphatic heterocycles. The molecule has 1 unspecified atom stereocenters. The first-order valence-corrected chi connectivity index (χ1v) is 9.09. The van der Waals surface area contributed by atoms with E-state index in [9.17, 15) is 18.0 Å². The van der Waals surface area contributed by atoms with E-state index in [1.165, 1.54) is 12.1 Å². The van der Waals surface area contributed by atoms with Gasteiger partial charge in [0.1, 0.15) is 0 Å². The normalized spacial score (nSPS) is 30.0. The van der Waals surface area contributed by atoms with E-state index in [0.29, 0.717) is 30.4 Å².